The molecule has 0 bridgehead atoms. The van der Waals surface area contributed by atoms with Crippen LogP contribution in [0.4, 0.5) is 0 Å². The summed E-state index contributed by atoms with van der Waals surface area (Å²) in [6.07, 6.45) is 2.22. The first-order valence-corrected chi connectivity index (χ1v) is 9.01. The highest BCUT2D eigenvalue weighted by Crippen LogP contribution is 2.38. The quantitative estimate of drug-likeness (QED) is 0.768. The Labute approximate surface area is 157 Å². The second-order valence-electron chi connectivity index (χ2n) is 7.46. The van der Waals surface area contributed by atoms with Gasteiger partial charge in [-0.25, -0.2) is 0 Å². The second-order valence-corrected chi connectivity index (χ2v) is 7.46. The van der Waals surface area contributed by atoms with Gasteiger partial charge in [0, 0.05) is 20.1 Å². The third-order valence-corrected chi connectivity index (χ3v) is 5.05. The lowest BCUT2D eigenvalue weighted by Crippen LogP contribution is -2.45. The van der Waals surface area contributed by atoms with Gasteiger partial charge in [0.2, 0.25) is 12.7 Å². The van der Waals surface area contributed by atoms with Crippen molar-refractivity contribution in [2.24, 2.45) is 5.41 Å². The number of likely N-dealkylation sites (tertiary alicyclic amines) is 1. The molecule has 0 aliphatic carbocycles. The van der Waals surface area contributed by atoms with Crippen LogP contribution in [0.2, 0.25) is 0 Å². The van der Waals surface area contributed by atoms with Gasteiger partial charge in [0.15, 0.2) is 17.3 Å². The highest BCUT2D eigenvalue weighted by atomic mass is 16.7. The van der Waals surface area contributed by atoms with E-state index in [1.807, 2.05) is 17.0 Å². The lowest BCUT2D eigenvalue weighted by molar-refractivity contribution is -0.138. The van der Waals surface area contributed by atoms with Gasteiger partial charge in [-0.1, -0.05) is 18.1 Å². The predicted octanol–water partition coefficient (Wildman–Crippen LogP) is 2.32. The van der Waals surface area contributed by atoms with Crippen LogP contribution in [0.1, 0.15) is 37.0 Å². The minimum absolute atomic E-state index is 0.0271. The Balaban J connectivity index is 1.44. The van der Waals surface area contributed by atoms with E-state index < -0.39 is 0 Å². The Kier molecular flexibility index (Phi) is 4.73. The number of hydrogen-bond acceptors (Lipinski definition) is 7. The summed E-state index contributed by atoms with van der Waals surface area (Å²) in [7, 11) is 1.57. The first kappa shape index (κ1) is 17.8. The molecule has 2 aliphatic rings. The molecule has 0 saturated carbocycles. The van der Waals surface area contributed by atoms with Crippen LogP contribution in [0.5, 0.6) is 11.5 Å². The van der Waals surface area contributed by atoms with Crippen molar-refractivity contribution < 1.29 is 23.5 Å². The van der Waals surface area contributed by atoms with Crippen molar-refractivity contribution in [3.8, 4) is 11.5 Å². The van der Waals surface area contributed by atoms with Gasteiger partial charge in [-0.15, -0.1) is 0 Å². The van der Waals surface area contributed by atoms with Crippen LogP contribution < -0.4 is 9.47 Å². The van der Waals surface area contributed by atoms with Crippen molar-refractivity contribution >= 4 is 5.91 Å². The molecule has 1 aromatic carbocycles. The molecule has 8 nitrogen and oxygen atoms in total. The summed E-state index contributed by atoms with van der Waals surface area (Å²) in [6.45, 7) is 3.75. The van der Waals surface area contributed by atoms with Crippen molar-refractivity contribution in [2.45, 2.75) is 39.3 Å². The monoisotopic (exact) mass is 373 g/mol. The van der Waals surface area contributed by atoms with E-state index in [4.69, 9.17) is 18.7 Å². The number of carbonyl (C=O) groups is 1. The molecule has 3 heterocycles. The van der Waals surface area contributed by atoms with E-state index in [1.54, 1.807) is 7.11 Å². The lowest BCUT2D eigenvalue weighted by atomic mass is 9.76. The fourth-order valence-electron chi connectivity index (χ4n) is 3.73. The third kappa shape index (κ3) is 3.90. The van der Waals surface area contributed by atoms with Crippen molar-refractivity contribution in [3.05, 3.63) is 35.5 Å². The van der Waals surface area contributed by atoms with Gasteiger partial charge in [0.05, 0.1) is 6.54 Å². The van der Waals surface area contributed by atoms with E-state index in [9.17, 15) is 4.79 Å². The van der Waals surface area contributed by atoms with Gasteiger partial charge in [0.25, 0.3) is 5.89 Å². The van der Waals surface area contributed by atoms with Gasteiger partial charge in [-0.3, -0.25) is 4.79 Å². The number of ether oxygens (including phenoxy) is 3. The standard InChI is InChI=1S/C19H23N3O5/c1-19(8-13-3-4-14-15(7-13)26-12-25-14)6-5-18(23)22(11-19)9-16-20-17(10-24-2)27-21-16/h3-4,7H,5-6,8-12H2,1-2H3/t19-/m1/s1. The molecule has 4 rings (SSSR count). The molecule has 0 N–H and O–H groups in total. The molecule has 144 valence electrons. The normalized spacial score (nSPS) is 21.7. The summed E-state index contributed by atoms with van der Waals surface area (Å²) in [5, 5.41) is 3.94. The highest BCUT2D eigenvalue weighted by molar-refractivity contribution is 5.77. The van der Waals surface area contributed by atoms with Gasteiger partial charge < -0.3 is 23.6 Å². The Morgan fingerprint density at radius 3 is 3.00 bits per heavy atom. The predicted molar refractivity (Wildman–Crippen MR) is 94.0 cm³/mol. The van der Waals surface area contributed by atoms with Crippen LogP contribution in [0, 0.1) is 5.41 Å². The molecular weight excluding hydrogens is 350 g/mol. The van der Waals surface area contributed by atoms with E-state index in [-0.39, 0.29) is 24.7 Å². The summed E-state index contributed by atoms with van der Waals surface area (Å²) in [5.74, 6) is 2.62. The number of benzene rings is 1. The molecule has 0 spiro atoms. The molecule has 1 amide bonds. The molecule has 1 atom stereocenters. The number of nitrogens with zero attached hydrogens (tertiary/aromatic N) is 3. The summed E-state index contributed by atoms with van der Waals surface area (Å²) in [5.41, 5.74) is 1.15. The number of piperidine rings is 1. The highest BCUT2D eigenvalue weighted by Gasteiger charge is 2.36. The number of carbonyl (C=O) groups excluding carboxylic acids is 1. The maximum absolute atomic E-state index is 12.4. The van der Waals surface area contributed by atoms with Crippen molar-refractivity contribution in [1.29, 1.82) is 0 Å². The molecule has 1 fully saturated rings. The van der Waals surface area contributed by atoms with E-state index in [0.29, 0.717) is 31.2 Å². The maximum atomic E-state index is 12.4. The largest absolute Gasteiger partial charge is 0.454 e. The van der Waals surface area contributed by atoms with Crippen molar-refractivity contribution in [3.63, 3.8) is 0 Å². The van der Waals surface area contributed by atoms with E-state index in [1.165, 1.54) is 5.56 Å². The van der Waals surface area contributed by atoms with Gasteiger partial charge in [-0.05, 0) is 36.0 Å². The molecule has 1 saturated heterocycles. The fraction of sp³-hybridized carbons (Fsp3) is 0.526. The summed E-state index contributed by atoms with van der Waals surface area (Å²) >= 11 is 0. The van der Waals surface area contributed by atoms with Crippen molar-refractivity contribution in [2.75, 3.05) is 20.4 Å². The molecule has 8 heteroatoms. The van der Waals surface area contributed by atoms with Crippen molar-refractivity contribution in [1.82, 2.24) is 15.0 Å². The Morgan fingerprint density at radius 2 is 2.15 bits per heavy atom. The average molecular weight is 373 g/mol. The first-order valence-electron chi connectivity index (χ1n) is 9.01. The number of amides is 1. The van der Waals surface area contributed by atoms with Gasteiger partial charge in [-0.2, -0.15) is 4.98 Å². The second kappa shape index (κ2) is 7.19. The van der Waals surface area contributed by atoms with E-state index in [2.05, 4.69) is 23.1 Å². The van der Waals surface area contributed by atoms with Crippen LogP contribution >= 0.6 is 0 Å². The minimum Gasteiger partial charge on any atom is -0.454 e. The number of aromatic nitrogens is 2. The smallest absolute Gasteiger partial charge is 0.252 e. The van der Waals surface area contributed by atoms with Crippen LogP contribution in [0.25, 0.3) is 0 Å². The number of rotatable bonds is 6. The Hall–Kier alpha value is -2.61. The SMILES string of the molecule is COCc1nc(CN2C[C@@](C)(Cc3ccc4c(c3)OCO4)CCC2=O)no1. The van der Waals surface area contributed by atoms with Gasteiger partial charge in [0.1, 0.15) is 6.61 Å². The Morgan fingerprint density at radius 1 is 1.30 bits per heavy atom. The number of hydrogen-bond donors (Lipinski definition) is 0. The fourth-order valence-corrected chi connectivity index (χ4v) is 3.73. The first-order chi connectivity index (χ1) is 13.0. The van der Waals surface area contributed by atoms with E-state index in [0.717, 1.165) is 24.3 Å². The minimum atomic E-state index is -0.0271. The average Bonchev–Trinajstić information content (AvgIpc) is 3.27. The molecule has 27 heavy (non-hydrogen) atoms. The summed E-state index contributed by atoms with van der Waals surface area (Å²) < 4.78 is 21.0. The molecular formula is C19H23N3O5. The third-order valence-electron chi connectivity index (χ3n) is 5.05. The van der Waals surface area contributed by atoms with Crippen LogP contribution in [-0.2, 0) is 29.1 Å². The van der Waals surface area contributed by atoms with E-state index >= 15 is 0 Å². The molecule has 1 aromatic heterocycles. The van der Waals surface area contributed by atoms with Crippen LogP contribution in [0.3, 0.4) is 0 Å². The molecule has 0 radical (unpaired) electrons. The van der Waals surface area contributed by atoms with Crippen LogP contribution in [-0.4, -0.2) is 41.4 Å². The zero-order valence-corrected chi connectivity index (χ0v) is 15.6. The van der Waals surface area contributed by atoms with Crippen LogP contribution in [0.15, 0.2) is 22.7 Å². The number of fused-ring (bicyclic) bond motifs is 1. The molecule has 2 aliphatic heterocycles. The summed E-state index contributed by atoms with van der Waals surface area (Å²) in [6, 6.07) is 6.05. The summed E-state index contributed by atoms with van der Waals surface area (Å²) in [4.78, 5) is 18.5. The zero-order chi connectivity index (χ0) is 18.9. The molecule has 0 unspecified atom stereocenters. The topological polar surface area (TPSA) is 86.9 Å². The molecule has 2 aromatic rings. The zero-order valence-electron chi connectivity index (χ0n) is 15.6. The maximum Gasteiger partial charge on any atom is 0.252 e. The van der Waals surface area contributed by atoms with Gasteiger partial charge >= 0.3 is 0 Å². The number of methoxy groups -OCH3 is 1. The Bertz CT molecular complexity index is 837. The lowest BCUT2D eigenvalue weighted by Gasteiger charge is -2.40.